The lowest BCUT2D eigenvalue weighted by Crippen LogP contribution is -2.49. The molecule has 0 bridgehead atoms. The van der Waals surface area contributed by atoms with Crippen LogP contribution in [0.1, 0.15) is 22.3 Å². The summed E-state index contributed by atoms with van der Waals surface area (Å²) < 4.78 is 66.1. The number of rotatable bonds is 3. The molecule has 1 aliphatic heterocycles. The molecule has 1 aromatic carbocycles. The Kier molecular flexibility index (Phi) is 5.86. The standard InChI is InChI=1S/C19H21ClF3N3O2S/c1-12-8-13(2)17(14(3)9-12)29(27,28)26-6-4-25(5-7-26)18-16(20)10-15(11-24-18)19(21,22)23/h8-11H,4-7H2,1-3H3. The lowest BCUT2D eigenvalue weighted by atomic mass is 10.1. The maximum absolute atomic E-state index is 13.1. The summed E-state index contributed by atoms with van der Waals surface area (Å²) in [5.41, 5.74) is 1.46. The molecule has 1 aromatic heterocycles. The quantitative estimate of drug-likeness (QED) is 0.708. The number of piperazine rings is 1. The highest BCUT2D eigenvalue weighted by atomic mass is 35.5. The van der Waals surface area contributed by atoms with Gasteiger partial charge in [0.1, 0.15) is 5.82 Å². The third-order valence-corrected chi connectivity index (χ3v) is 7.37. The van der Waals surface area contributed by atoms with Crippen LogP contribution in [0.25, 0.3) is 0 Å². The van der Waals surface area contributed by atoms with E-state index in [0.717, 1.165) is 17.8 Å². The van der Waals surface area contributed by atoms with Crippen molar-refractivity contribution in [1.29, 1.82) is 0 Å². The van der Waals surface area contributed by atoms with E-state index in [9.17, 15) is 21.6 Å². The minimum atomic E-state index is -4.52. The molecule has 0 atom stereocenters. The van der Waals surface area contributed by atoms with Crippen LogP contribution in [0.3, 0.4) is 0 Å². The van der Waals surface area contributed by atoms with Gasteiger partial charge < -0.3 is 4.90 Å². The van der Waals surface area contributed by atoms with Gasteiger partial charge in [0, 0.05) is 32.4 Å². The van der Waals surface area contributed by atoms with Crippen molar-refractivity contribution in [3.8, 4) is 0 Å². The van der Waals surface area contributed by atoms with E-state index >= 15 is 0 Å². The number of pyridine rings is 1. The summed E-state index contributed by atoms with van der Waals surface area (Å²) in [7, 11) is -3.68. The Morgan fingerprint density at radius 3 is 2.03 bits per heavy atom. The zero-order valence-corrected chi connectivity index (χ0v) is 17.8. The number of halogens is 4. The highest BCUT2D eigenvalue weighted by Crippen LogP contribution is 2.34. The molecule has 0 aliphatic carbocycles. The van der Waals surface area contributed by atoms with Crippen molar-refractivity contribution in [2.24, 2.45) is 0 Å². The predicted octanol–water partition coefficient (Wildman–Crippen LogP) is 4.19. The van der Waals surface area contributed by atoms with Crippen molar-refractivity contribution in [3.05, 3.63) is 51.7 Å². The summed E-state index contributed by atoms with van der Waals surface area (Å²) in [6.45, 7) is 6.39. The minimum absolute atomic E-state index is 0.110. The molecule has 1 aliphatic rings. The van der Waals surface area contributed by atoms with Gasteiger partial charge in [-0.1, -0.05) is 29.3 Å². The lowest BCUT2D eigenvalue weighted by molar-refractivity contribution is -0.137. The van der Waals surface area contributed by atoms with Crippen LogP contribution < -0.4 is 4.90 Å². The van der Waals surface area contributed by atoms with Gasteiger partial charge in [-0.15, -0.1) is 0 Å². The van der Waals surface area contributed by atoms with Crippen LogP contribution in [0, 0.1) is 20.8 Å². The summed E-state index contributed by atoms with van der Waals surface area (Å²) in [5.74, 6) is 0.222. The van der Waals surface area contributed by atoms with E-state index < -0.39 is 21.8 Å². The van der Waals surface area contributed by atoms with E-state index in [1.165, 1.54) is 4.31 Å². The van der Waals surface area contributed by atoms with Crippen LogP contribution >= 0.6 is 11.6 Å². The van der Waals surface area contributed by atoms with Crippen LogP contribution in [-0.2, 0) is 16.2 Å². The zero-order chi connectivity index (χ0) is 21.6. The maximum atomic E-state index is 13.1. The molecule has 10 heteroatoms. The first-order valence-electron chi connectivity index (χ1n) is 8.97. The molecule has 0 amide bonds. The molecule has 0 N–H and O–H groups in total. The van der Waals surface area contributed by atoms with Crippen molar-refractivity contribution in [2.75, 3.05) is 31.1 Å². The Bertz CT molecular complexity index is 1010. The van der Waals surface area contributed by atoms with Gasteiger partial charge in [0.2, 0.25) is 10.0 Å². The number of aryl methyl sites for hydroxylation is 3. The topological polar surface area (TPSA) is 53.5 Å². The van der Waals surface area contributed by atoms with E-state index in [4.69, 9.17) is 11.6 Å². The average molecular weight is 448 g/mol. The number of hydrogen-bond acceptors (Lipinski definition) is 4. The van der Waals surface area contributed by atoms with Gasteiger partial charge in [0.25, 0.3) is 0 Å². The molecule has 0 radical (unpaired) electrons. The smallest absolute Gasteiger partial charge is 0.353 e. The Morgan fingerprint density at radius 2 is 1.55 bits per heavy atom. The SMILES string of the molecule is Cc1cc(C)c(S(=O)(=O)N2CCN(c3ncc(C(F)(F)F)cc3Cl)CC2)c(C)c1. The van der Waals surface area contributed by atoms with E-state index in [1.807, 2.05) is 19.1 Å². The molecular weight excluding hydrogens is 427 g/mol. The van der Waals surface area contributed by atoms with Crippen molar-refractivity contribution < 1.29 is 21.6 Å². The first-order valence-corrected chi connectivity index (χ1v) is 10.8. The number of nitrogens with zero attached hydrogens (tertiary/aromatic N) is 3. The second-order valence-corrected chi connectivity index (χ2v) is 9.43. The molecule has 158 valence electrons. The summed E-state index contributed by atoms with van der Waals surface area (Å²) in [6.07, 6.45) is -3.78. The largest absolute Gasteiger partial charge is 0.417 e. The second-order valence-electron chi connectivity index (χ2n) is 7.15. The molecule has 1 fully saturated rings. The molecular formula is C19H21ClF3N3O2S. The Morgan fingerprint density at radius 1 is 1.00 bits per heavy atom. The fourth-order valence-electron chi connectivity index (χ4n) is 3.66. The highest BCUT2D eigenvalue weighted by Gasteiger charge is 2.34. The molecule has 0 unspecified atom stereocenters. The van der Waals surface area contributed by atoms with E-state index in [2.05, 4.69) is 4.98 Å². The van der Waals surface area contributed by atoms with Gasteiger partial charge >= 0.3 is 6.18 Å². The van der Waals surface area contributed by atoms with Crippen molar-refractivity contribution in [2.45, 2.75) is 31.8 Å². The third kappa shape index (κ3) is 4.36. The summed E-state index contributed by atoms with van der Waals surface area (Å²) in [6, 6.07) is 4.51. The molecule has 3 rings (SSSR count). The highest BCUT2D eigenvalue weighted by molar-refractivity contribution is 7.89. The molecule has 2 aromatic rings. The second kappa shape index (κ2) is 7.77. The minimum Gasteiger partial charge on any atom is -0.353 e. The van der Waals surface area contributed by atoms with Gasteiger partial charge in [0.05, 0.1) is 15.5 Å². The maximum Gasteiger partial charge on any atom is 0.417 e. The number of benzene rings is 1. The number of hydrogen-bond donors (Lipinski definition) is 0. The van der Waals surface area contributed by atoms with Crippen LogP contribution in [0.4, 0.5) is 19.0 Å². The van der Waals surface area contributed by atoms with E-state index in [0.29, 0.717) is 16.0 Å². The Balaban J connectivity index is 1.79. The van der Waals surface area contributed by atoms with Gasteiger partial charge in [0.15, 0.2) is 0 Å². The van der Waals surface area contributed by atoms with Crippen molar-refractivity contribution in [1.82, 2.24) is 9.29 Å². The van der Waals surface area contributed by atoms with Crippen molar-refractivity contribution in [3.63, 3.8) is 0 Å². The number of sulfonamides is 1. The number of anilines is 1. The summed E-state index contributed by atoms with van der Waals surface area (Å²) in [5, 5.41) is -0.110. The first kappa shape index (κ1) is 21.9. The van der Waals surface area contributed by atoms with E-state index in [-0.39, 0.29) is 37.0 Å². The molecule has 0 saturated carbocycles. The van der Waals surface area contributed by atoms with Crippen LogP contribution in [0.15, 0.2) is 29.3 Å². The lowest BCUT2D eigenvalue weighted by Gasteiger charge is -2.35. The zero-order valence-electron chi connectivity index (χ0n) is 16.2. The summed E-state index contributed by atoms with van der Waals surface area (Å²) in [4.78, 5) is 5.86. The monoisotopic (exact) mass is 447 g/mol. The van der Waals surface area contributed by atoms with Gasteiger partial charge in [-0.25, -0.2) is 13.4 Å². The summed E-state index contributed by atoms with van der Waals surface area (Å²) >= 11 is 6.01. The number of aromatic nitrogens is 1. The molecule has 1 saturated heterocycles. The predicted molar refractivity (Wildman–Crippen MR) is 106 cm³/mol. The molecule has 5 nitrogen and oxygen atoms in total. The first-order chi connectivity index (χ1) is 13.4. The van der Waals surface area contributed by atoms with E-state index in [1.54, 1.807) is 18.7 Å². The molecule has 29 heavy (non-hydrogen) atoms. The number of alkyl halides is 3. The molecule has 0 spiro atoms. The fourth-order valence-corrected chi connectivity index (χ4v) is 5.78. The van der Waals surface area contributed by atoms with Gasteiger partial charge in [-0.2, -0.15) is 17.5 Å². The van der Waals surface area contributed by atoms with Gasteiger partial charge in [-0.3, -0.25) is 0 Å². The van der Waals surface area contributed by atoms with Crippen LogP contribution in [0.5, 0.6) is 0 Å². The Hall–Kier alpha value is -1.84. The fraction of sp³-hybridized carbons (Fsp3) is 0.421. The normalized spacial score (nSPS) is 16.3. The van der Waals surface area contributed by atoms with Crippen LogP contribution in [0.2, 0.25) is 5.02 Å². The average Bonchev–Trinajstić information content (AvgIpc) is 2.60. The Labute approximate surface area is 173 Å². The molecule has 2 heterocycles. The van der Waals surface area contributed by atoms with Gasteiger partial charge in [-0.05, 0) is 38.0 Å². The van der Waals surface area contributed by atoms with Crippen LogP contribution in [-0.4, -0.2) is 43.9 Å². The third-order valence-electron chi connectivity index (χ3n) is 4.89. The van der Waals surface area contributed by atoms with Crippen molar-refractivity contribution >= 4 is 27.4 Å².